The third-order valence-electron chi connectivity index (χ3n) is 5.63. The molecule has 0 spiro atoms. The van der Waals surface area contributed by atoms with Crippen molar-refractivity contribution < 1.29 is 44.9 Å². The van der Waals surface area contributed by atoms with Gasteiger partial charge in [-0.15, -0.1) is 0 Å². The normalized spacial score (nSPS) is 24.3. The zero-order chi connectivity index (χ0) is 25.7. The lowest BCUT2D eigenvalue weighted by molar-refractivity contribution is -0.277. The number of aliphatic hydroxyl groups is 4. The summed E-state index contributed by atoms with van der Waals surface area (Å²) in [6.45, 7) is 3.12. The summed E-state index contributed by atoms with van der Waals surface area (Å²) in [7, 11) is 0. The number of phenolic OH excluding ortho intramolecular Hbond substituents is 2. The summed E-state index contributed by atoms with van der Waals surface area (Å²) in [5.74, 6) is -0.577. The van der Waals surface area contributed by atoms with Crippen LogP contribution in [0.15, 0.2) is 54.1 Å². The van der Waals surface area contributed by atoms with Crippen LogP contribution in [0.1, 0.15) is 35.3 Å². The molecule has 5 atom stereocenters. The number of hydrogen-bond donors (Lipinski definition) is 6. The Labute approximate surface area is 202 Å². The first kappa shape index (κ1) is 26.4. The number of phenols is 2. The van der Waals surface area contributed by atoms with Gasteiger partial charge in [0.15, 0.2) is 5.78 Å². The number of hydrogen-bond acceptors (Lipinski definition) is 9. The molecule has 9 heteroatoms. The highest BCUT2D eigenvalue weighted by molar-refractivity contribution is 6.09. The van der Waals surface area contributed by atoms with Gasteiger partial charge in [0.25, 0.3) is 0 Å². The minimum Gasteiger partial charge on any atom is -0.508 e. The van der Waals surface area contributed by atoms with Crippen LogP contribution in [0, 0.1) is 0 Å². The van der Waals surface area contributed by atoms with Gasteiger partial charge in [0.2, 0.25) is 6.29 Å². The third kappa shape index (κ3) is 6.27. The van der Waals surface area contributed by atoms with E-state index < -0.39 is 43.1 Å². The first-order valence-corrected chi connectivity index (χ1v) is 11.1. The summed E-state index contributed by atoms with van der Waals surface area (Å²) in [6, 6.07) is 9.06. The second kappa shape index (κ2) is 11.5. The van der Waals surface area contributed by atoms with Crippen LogP contribution < -0.4 is 4.74 Å². The van der Waals surface area contributed by atoms with Crippen LogP contribution in [0.4, 0.5) is 0 Å². The van der Waals surface area contributed by atoms with Gasteiger partial charge in [0.05, 0.1) is 12.2 Å². The first-order chi connectivity index (χ1) is 16.6. The van der Waals surface area contributed by atoms with Crippen molar-refractivity contribution in [3.63, 3.8) is 0 Å². The van der Waals surface area contributed by atoms with Gasteiger partial charge in [-0.3, -0.25) is 4.79 Å². The average Bonchev–Trinajstić information content (AvgIpc) is 2.83. The molecule has 0 saturated carbocycles. The van der Waals surface area contributed by atoms with Crippen LogP contribution in [0.25, 0.3) is 6.08 Å². The van der Waals surface area contributed by atoms with Crippen molar-refractivity contribution in [2.75, 3.05) is 6.61 Å². The largest absolute Gasteiger partial charge is 0.508 e. The molecule has 0 unspecified atom stereocenters. The van der Waals surface area contributed by atoms with Crippen LogP contribution >= 0.6 is 0 Å². The average molecular weight is 487 g/mol. The maximum atomic E-state index is 12.8. The van der Waals surface area contributed by atoms with Gasteiger partial charge in [-0.1, -0.05) is 29.9 Å². The number of aromatic hydroxyl groups is 2. The van der Waals surface area contributed by atoms with E-state index in [0.717, 1.165) is 5.57 Å². The Morgan fingerprint density at radius 2 is 1.69 bits per heavy atom. The minimum absolute atomic E-state index is 0.0262. The van der Waals surface area contributed by atoms with E-state index in [9.17, 15) is 35.4 Å². The number of carbonyl (C=O) groups is 1. The molecule has 188 valence electrons. The molecule has 0 radical (unpaired) electrons. The SMILES string of the molecule is CC(C)=CCc1c(O[C@@H]2O[C@H](CO)[C@@H](O)[C@H](O)[C@H]2O)ccc(C(=O)/C=C/c2ccc(O)cc2)c1O. The number of aliphatic hydroxyl groups excluding tert-OH is 4. The number of carbonyl (C=O) groups excluding carboxylic acids is 1. The van der Waals surface area contributed by atoms with Gasteiger partial charge in [-0.05, 0) is 56.2 Å². The highest BCUT2D eigenvalue weighted by Gasteiger charge is 2.45. The standard InChI is InChI=1S/C26H30O9/c1-14(2)3-9-18-20(34-26-25(33)24(32)23(31)21(13-27)35-26)12-10-17(22(18)30)19(29)11-6-15-4-7-16(28)8-5-15/h3-8,10-12,21,23-28,30-33H,9,13H2,1-2H3/b11-6+/t21-,23-,24+,25-,26-/m1/s1. The number of benzene rings is 2. The Morgan fingerprint density at radius 1 is 1.00 bits per heavy atom. The summed E-state index contributed by atoms with van der Waals surface area (Å²) in [6.07, 6.45) is -2.51. The number of rotatable bonds is 8. The first-order valence-electron chi connectivity index (χ1n) is 11.1. The van der Waals surface area contributed by atoms with E-state index in [0.29, 0.717) is 5.56 Å². The van der Waals surface area contributed by atoms with E-state index in [2.05, 4.69) is 0 Å². The van der Waals surface area contributed by atoms with E-state index in [1.165, 1.54) is 30.3 Å². The minimum atomic E-state index is -1.62. The molecular formula is C26H30O9. The molecule has 35 heavy (non-hydrogen) atoms. The van der Waals surface area contributed by atoms with Crippen molar-refractivity contribution in [3.8, 4) is 17.2 Å². The highest BCUT2D eigenvalue weighted by atomic mass is 16.7. The number of ether oxygens (including phenoxy) is 2. The molecule has 1 heterocycles. The molecule has 0 aliphatic carbocycles. The second-order valence-corrected chi connectivity index (χ2v) is 8.53. The lowest BCUT2D eigenvalue weighted by atomic mass is 9.98. The lowest BCUT2D eigenvalue weighted by Gasteiger charge is -2.39. The van der Waals surface area contributed by atoms with Crippen LogP contribution in [-0.4, -0.2) is 73.7 Å². The zero-order valence-electron chi connectivity index (χ0n) is 19.4. The van der Waals surface area contributed by atoms with Crippen LogP contribution in [0.2, 0.25) is 0 Å². The Bertz CT molecular complexity index is 1080. The molecule has 1 aliphatic heterocycles. The van der Waals surface area contributed by atoms with Gasteiger partial charge in [0, 0.05) is 5.56 Å². The maximum absolute atomic E-state index is 12.8. The van der Waals surface area contributed by atoms with Crippen LogP contribution in [-0.2, 0) is 11.2 Å². The monoisotopic (exact) mass is 486 g/mol. The Balaban J connectivity index is 1.91. The second-order valence-electron chi connectivity index (χ2n) is 8.53. The van der Waals surface area contributed by atoms with Crippen molar-refractivity contribution in [2.24, 2.45) is 0 Å². The molecule has 1 fully saturated rings. The molecule has 1 aliphatic rings. The number of ketones is 1. The summed E-state index contributed by atoms with van der Waals surface area (Å²) in [4.78, 5) is 12.8. The predicted octanol–water partition coefficient (Wildman–Crippen LogP) is 1.68. The molecule has 9 nitrogen and oxygen atoms in total. The molecule has 2 aromatic carbocycles. The summed E-state index contributed by atoms with van der Waals surface area (Å²) in [5.41, 5.74) is 1.92. The Kier molecular flexibility index (Phi) is 8.66. The van der Waals surface area contributed by atoms with E-state index in [1.807, 2.05) is 19.9 Å². The topological polar surface area (TPSA) is 157 Å². The molecule has 6 N–H and O–H groups in total. The van der Waals surface area contributed by atoms with E-state index in [4.69, 9.17) is 9.47 Å². The fraction of sp³-hybridized carbons (Fsp3) is 0.346. The van der Waals surface area contributed by atoms with Crippen molar-refractivity contribution >= 4 is 11.9 Å². The molecule has 2 aromatic rings. The van der Waals surface area contributed by atoms with Gasteiger partial charge in [-0.2, -0.15) is 0 Å². The van der Waals surface area contributed by atoms with Crippen molar-refractivity contribution in [3.05, 3.63) is 70.8 Å². The lowest BCUT2D eigenvalue weighted by Crippen LogP contribution is -2.60. The molecule has 0 bridgehead atoms. The van der Waals surface area contributed by atoms with Crippen LogP contribution in [0.5, 0.6) is 17.2 Å². The quantitative estimate of drug-likeness (QED) is 0.186. The van der Waals surface area contributed by atoms with E-state index in [-0.39, 0.29) is 34.8 Å². The summed E-state index contributed by atoms with van der Waals surface area (Å²) >= 11 is 0. The van der Waals surface area contributed by atoms with Gasteiger partial charge in [0.1, 0.15) is 41.7 Å². The molecular weight excluding hydrogens is 456 g/mol. The van der Waals surface area contributed by atoms with Crippen LogP contribution in [0.3, 0.4) is 0 Å². The molecule has 0 aromatic heterocycles. The van der Waals surface area contributed by atoms with Gasteiger partial charge < -0.3 is 40.1 Å². The molecule has 3 rings (SSSR count). The molecule has 0 amide bonds. The smallest absolute Gasteiger partial charge is 0.229 e. The van der Waals surface area contributed by atoms with Crippen molar-refractivity contribution in [2.45, 2.75) is 51.0 Å². The summed E-state index contributed by atoms with van der Waals surface area (Å²) in [5, 5.41) is 60.0. The Hall–Kier alpha value is -3.21. The Morgan fingerprint density at radius 3 is 2.31 bits per heavy atom. The maximum Gasteiger partial charge on any atom is 0.229 e. The van der Waals surface area contributed by atoms with Gasteiger partial charge in [-0.25, -0.2) is 0 Å². The van der Waals surface area contributed by atoms with Crippen molar-refractivity contribution in [1.29, 1.82) is 0 Å². The fourth-order valence-electron chi connectivity index (χ4n) is 3.57. The number of allylic oxidation sites excluding steroid dienone is 3. The zero-order valence-corrected chi connectivity index (χ0v) is 19.4. The highest BCUT2D eigenvalue weighted by Crippen LogP contribution is 2.35. The van der Waals surface area contributed by atoms with Crippen molar-refractivity contribution in [1.82, 2.24) is 0 Å². The summed E-state index contributed by atoms with van der Waals surface area (Å²) < 4.78 is 11.1. The third-order valence-corrected chi connectivity index (χ3v) is 5.63. The fourth-order valence-corrected chi connectivity index (χ4v) is 3.57. The predicted molar refractivity (Wildman–Crippen MR) is 127 cm³/mol. The van der Waals surface area contributed by atoms with Gasteiger partial charge >= 0.3 is 0 Å². The van der Waals surface area contributed by atoms with E-state index >= 15 is 0 Å². The molecule has 1 saturated heterocycles. The van der Waals surface area contributed by atoms with E-state index in [1.54, 1.807) is 18.2 Å².